The Bertz CT molecular complexity index is 1430. The minimum Gasteiger partial charge on any atom is -0.437 e. The molecule has 0 radical (unpaired) electrons. The number of aromatic nitrogens is 5. The monoisotopic (exact) mass is 460 g/mol. The van der Waals surface area contributed by atoms with Crippen molar-refractivity contribution in [1.82, 2.24) is 24.5 Å². The van der Waals surface area contributed by atoms with Crippen molar-refractivity contribution in [3.05, 3.63) is 67.0 Å². The summed E-state index contributed by atoms with van der Waals surface area (Å²) in [6.45, 7) is 5.09. The topological polar surface area (TPSA) is 91.7 Å². The van der Waals surface area contributed by atoms with Crippen LogP contribution in [0.1, 0.15) is 13.8 Å². The number of anilines is 1. The fourth-order valence-electron chi connectivity index (χ4n) is 3.61. The van der Waals surface area contributed by atoms with Crippen molar-refractivity contribution >= 4 is 27.6 Å². The third-order valence-corrected chi connectivity index (χ3v) is 5.97. The second kappa shape index (κ2) is 8.59. The molecule has 0 bridgehead atoms. The average Bonchev–Trinajstić information content (AvgIpc) is 3.38. The van der Waals surface area contributed by atoms with Gasteiger partial charge < -0.3 is 15.0 Å². The normalized spacial score (nSPS) is 11.4. The first kappa shape index (κ1) is 21.0. The molecule has 0 saturated carbocycles. The van der Waals surface area contributed by atoms with Gasteiger partial charge in [0.15, 0.2) is 16.3 Å². The van der Waals surface area contributed by atoms with E-state index in [0.29, 0.717) is 39.5 Å². The van der Waals surface area contributed by atoms with Crippen molar-refractivity contribution < 1.29 is 9.13 Å². The Hall–Kier alpha value is -3.85. The van der Waals surface area contributed by atoms with Crippen LogP contribution < -0.4 is 10.5 Å². The van der Waals surface area contributed by atoms with Gasteiger partial charge in [-0.1, -0.05) is 37.3 Å². The first-order valence-electron chi connectivity index (χ1n) is 10.4. The molecule has 166 valence electrons. The molecule has 0 amide bonds. The molecule has 0 saturated heterocycles. The van der Waals surface area contributed by atoms with Crippen LogP contribution >= 0.6 is 11.3 Å². The lowest BCUT2D eigenvalue weighted by molar-refractivity contribution is 0.467. The van der Waals surface area contributed by atoms with Crippen LogP contribution in [0, 0.1) is 11.7 Å². The number of benzene rings is 2. The summed E-state index contributed by atoms with van der Waals surface area (Å²) in [6.07, 6.45) is 3.24. The Balaban J connectivity index is 1.44. The van der Waals surface area contributed by atoms with Gasteiger partial charge in [0.05, 0.1) is 16.9 Å². The maximum absolute atomic E-state index is 14.4. The van der Waals surface area contributed by atoms with Gasteiger partial charge >= 0.3 is 0 Å². The second-order valence-electron chi connectivity index (χ2n) is 7.98. The highest BCUT2D eigenvalue weighted by Gasteiger charge is 2.17. The van der Waals surface area contributed by atoms with Crippen LogP contribution in [0.15, 0.2) is 61.2 Å². The summed E-state index contributed by atoms with van der Waals surface area (Å²) in [4.78, 5) is 18.2. The third kappa shape index (κ3) is 4.14. The summed E-state index contributed by atoms with van der Waals surface area (Å²) in [6, 6.07) is 14.0. The lowest BCUT2D eigenvalue weighted by atomic mass is 10.1. The van der Waals surface area contributed by atoms with Crippen LogP contribution in [0.3, 0.4) is 0 Å². The van der Waals surface area contributed by atoms with Gasteiger partial charge in [-0.2, -0.15) is 4.98 Å². The van der Waals surface area contributed by atoms with Crippen LogP contribution in [0.25, 0.3) is 32.9 Å². The van der Waals surface area contributed by atoms with E-state index in [2.05, 4.69) is 33.8 Å². The quantitative estimate of drug-likeness (QED) is 0.345. The molecule has 0 aliphatic rings. The number of nitrogens with zero attached hydrogens (tertiary/aromatic N) is 5. The third-order valence-electron chi connectivity index (χ3n) is 5.03. The minimum atomic E-state index is -0.339. The SMILES string of the molecule is CC(C)Cn1cnc2c(Oc3ccc(-c4sc(N)nc4-c4ccccc4F)cc3)ncnc21. The average molecular weight is 461 g/mol. The number of hydrogen-bond acceptors (Lipinski definition) is 7. The molecule has 0 aliphatic carbocycles. The van der Waals surface area contributed by atoms with E-state index in [9.17, 15) is 4.39 Å². The summed E-state index contributed by atoms with van der Waals surface area (Å²) in [5.41, 5.74) is 9.11. The number of ether oxygens (including phenoxy) is 1. The number of nitrogens with two attached hydrogens (primary N) is 1. The van der Waals surface area contributed by atoms with Gasteiger partial charge in [-0.15, -0.1) is 0 Å². The maximum atomic E-state index is 14.4. The van der Waals surface area contributed by atoms with Crippen molar-refractivity contribution in [2.24, 2.45) is 5.92 Å². The number of nitrogen functional groups attached to an aromatic ring is 1. The molecular formula is C24H21FN6OS. The lowest BCUT2D eigenvalue weighted by Gasteiger charge is -2.08. The predicted octanol–water partition coefficient (Wildman–Crippen LogP) is 5.79. The van der Waals surface area contributed by atoms with Gasteiger partial charge in [-0.25, -0.2) is 19.3 Å². The summed E-state index contributed by atoms with van der Waals surface area (Å²) in [5.74, 6) is 1.12. The first-order valence-corrected chi connectivity index (χ1v) is 11.3. The molecule has 2 aromatic carbocycles. The maximum Gasteiger partial charge on any atom is 0.250 e. The number of halogens is 1. The second-order valence-corrected chi connectivity index (χ2v) is 9.01. The number of thiazole rings is 1. The molecule has 0 unspecified atom stereocenters. The summed E-state index contributed by atoms with van der Waals surface area (Å²) in [7, 11) is 0. The van der Waals surface area contributed by atoms with E-state index in [-0.39, 0.29) is 5.82 Å². The van der Waals surface area contributed by atoms with E-state index in [4.69, 9.17) is 10.5 Å². The molecular weight excluding hydrogens is 439 g/mol. The zero-order chi connectivity index (χ0) is 22.9. The van der Waals surface area contributed by atoms with E-state index < -0.39 is 0 Å². The van der Waals surface area contributed by atoms with Gasteiger partial charge in [0.1, 0.15) is 17.9 Å². The number of hydrogen-bond donors (Lipinski definition) is 1. The van der Waals surface area contributed by atoms with Crippen molar-refractivity contribution in [1.29, 1.82) is 0 Å². The molecule has 0 spiro atoms. The molecule has 33 heavy (non-hydrogen) atoms. The summed E-state index contributed by atoms with van der Waals surface area (Å²) in [5, 5.41) is 0.379. The van der Waals surface area contributed by atoms with Crippen LogP contribution in [0.5, 0.6) is 11.6 Å². The van der Waals surface area contributed by atoms with E-state index in [1.54, 1.807) is 24.5 Å². The Morgan fingerprint density at radius 3 is 2.61 bits per heavy atom. The molecule has 0 atom stereocenters. The van der Waals surface area contributed by atoms with Gasteiger partial charge in [-0.05, 0) is 47.9 Å². The highest BCUT2D eigenvalue weighted by atomic mass is 32.1. The van der Waals surface area contributed by atoms with E-state index in [0.717, 1.165) is 22.6 Å². The smallest absolute Gasteiger partial charge is 0.250 e. The Kier molecular flexibility index (Phi) is 5.47. The lowest BCUT2D eigenvalue weighted by Crippen LogP contribution is -2.03. The van der Waals surface area contributed by atoms with Gasteiger partial charge in [0.2, 0.25) is 0 Å². The molecule has 5 aromatic rings. The van der Waals surface area contributed by atoms with Gasteiger partial charge in [-0.3, -0.25) is 0 Å². The summed E-state index contributed by atoms with van der Waals surface area (Å²) < 4.78 is 22.4. The molecule has 7 nitrogen and oxygen atoms in total. The fraction of sp³-hybridized carbons (Fsp3) is 0.167. The molecule has 2 N–H and O–H groups in total. The Labute approximate surface area is 193 Å². The van der Waals surface area contributed by atoms with E-state index >= 15 is 0 Å². The highest BCUT2D eigenvalue weighted by Crippen LogP contribution is 2.39. The molecule has 5 rings (SSSR count). The van der Waals surface area contributed by atoms with E-state index in [1.165, 1.54) is 23.7 Å². The zero-order valence-electron chi connectivity index (χ0n) is 18.1. The largest absolute Gasteiger partial charge is 0.437 e. The van der Waals surface area contributed by atoms with Gasteiger partial charge in [0, 0.05) is 12.1 Å². The molecule has 0 fully saturated rings. The van der Waals surface area contributed by atoms with Crippen molar-refractivity contribution in [3.8, 4) is 33.3 Å². The van der Waals surface area contributed by atoms with Crippen LogP contribution in [-0.4, -0.2) is 24.5 Å². The van der Waals surface area contributed by atoms with Crippen LogP contribution in [-0.2, 0) is 6.54 Å². The fourth-order valence-corrected chi connectivity index (χ4v) is 4.47. The number of rotatable bonds is 6. The summed E-state index contributed by atoms with van der Waals surface area (Å²) >= 11 is 1.32. The zero-order valence-corrected chi connectivity index (χ0v) is 18.9. The Morgan fingerprint density at radius 2 is 1.85 bits per heavy atom. The number of imidazole rings is 1. The Morgan fingerprint density at radius 1 is 1.06 bits per heavy atom. The van der Waals surface area contributed by atoms with Gasteiger partial charge in [0.25, 0.3) is 5.88 Å². The molecule has 3 aromatic heterocycles. The highest BCUT2D eigenvalue weighted by molar-refractivity contribution is 7.19. The van der Waals surface area contributed by atoms with Crippen molar-refractivity contribution in [2.75, 3.05) is 5.73 Å². The molecule has 3 heterocycles. The van der Waals surface area contributed by atoms with Crippen molar-refractivity contribution in [2.45, 2.75) is 20.4 Å². The predicted molar refractivity (Wildman–Crippen MR) is 128 cm³/mol. The van der Waals surface area contributed by atoms with Crippen LogP contribution in [0.2, 0.25) is 0 Å². The van der Waals surface area contributed by atoms with E-state index in [1.807, 2.05) is 28.8 Å². The first-order chi connectivity index (χ1) is 16.0. The standard InChI is InChI=1S/C24H21FN6OS/c1-14(2)11-31-13-29-20-22(31)27-12-28-23(20)32-16-9-7-15(8-10-16)21-19(30-24(26)33-21)17-5-3-4-6-18(17)25/h3-10,12-14H,11H2,1-2H3,(H2,26,30). The van der Waals surface area contributed by atoms with Crippen LogP contribution in [0.4, 0.5) is 9.52 Å². The minimum absolute atomic E-state index is 0.339. The molecule has 0 aliphatic heterocycles. The van der Waals surface area contributed by atoms with Crippen molar-refractivity contribution in [3.63, 3.8) is 0 Å². The number of fused-ring (bicyclic) bond motifs is 1. The molecule has 9 heteroatoms.